The number of hydrogen-bond donors (Lipinski definition) is 2. The van der Waals surface area contributed by atoms with Crippen LogP contribution in [0.3, 0.4) is 0 Å². The standard InChI is InChI=1S/C10H14ClN3O3S/c1-2-17-10(16)8(6-18)13-9(15)5-14-4-7(11)3-12-14/h3-4,8,18H,2,5-6H2,1H3,(H,13,15)/t8-/m0/s1. The summed E-state index contributed by atoms with van der Waals surface area (Å²) in [5.41, 5.74) is 0. The Balaban J connectivity index is 2.49. The Morgan fingerprint density at radius 2 is 2.39 bits per heavy atom. The van der Waals surface area contributed by atoms with Crippen molar-refractivity contribution in [1.29, 1.82) is 0 Å². The number of halogens is 1. The van der Waals surface area contributed by atoms with Crippen molar-refractivity contribution >= 4 is 36.1 Å². The van der Waals surface area contributed by atoms with E-state index in [9.17, 15) is 9.59 Å². The molecule has 0 saturated heterocycles. The molecule has 6 nitrogen and oxygen atoms in total. The number of thiol groups is 1. The van der Waals surface area contributed by atoms with Crippen LogP contribution < -0.4 is 5.32 Å². The van der Waals surface area contributed by atoms with Gasteiger partial charge in [-0.1, -0.05) is 11.6 Å². The molecule has 0 aliphatic rings. The van der Waals surface area contributed by atoms with Crippen molar-refractivity contribution in [3.8, 4) is 0 Å². The molecule has 1 amide bonds. The normalized spacial score (nSPS) is 11.9. The zero-order valence-corrected chi connectivity index (χ0v) is 11.4. The quantitative estimate of drug-likeness (QED) is 0.592. The SMILES string of the molecule is CCOC(=O)[C@H](CS)NC(=O)Cn1cc(Cl)cn1. The van der Waals surface area contributed by atoms with Crippen LogP contribution in [0.15, 0.2) is 12.4 Å². The third kappa shape index (κ3) is 4.58. The molecule has 0 aliphatic heterocycles. The first-order chi connectivity index (χ1) is 8.56. The molecule has 1 aromatic heterocycles. The van der Waals surface area contributed by atoms with Gasteiger partial charge in [0.05, 0.1) is 17.8 Å². The Labute approximate surface area is 115 Å². The minimum Gasteiger partial charge on any atom is -0.464 e. The van der Waals surface area contributed by atoms with Gasteiger partial charge in [0, 0.05) is 11.9 Å². The number of esters is 1. The number of amides is 1. The number of hydrogen-bond acceptors (Lipinski definition) is 5. The van der Waals surface area contributed by atoms with Crippen LogP contribution in [0.1, 0.15) is 6.92 Å². The summed E-state index contributed by atoms with van der Waals surface area (Å²) in [5, 5.41) is 6.82. The van der Waals surface area contributed by atoms with Crippen molar-refractivity contribution in [3.05, 3.63) is 17.4 Å². The van der Waals surface area contributed by atoms with E-state index in [0.717, 1.165) is 0 Å². The van der Waals surface area contributed by atoms with Crippen molar-refractivity contribution < 1.29 is 14.3 Å². The summed E-state index contributed by atoms with van der Waals surface area (Å²) in [6, 6.07) is -0.758. The summed E-state index contributed by atoms with van der Waals surface area (Å²) in [6.45, 7) is 1.94. The maximum atomic E-state index is 11.6. The van der Waals surface area contributed by atoms with Crippen LogP contribution in [0, 0.1) is 0 Å². The highest BCUT2D eigenvalue weighted by Gasteiger charge is 2.20. The fourth-order valence-electron chi connectivity index (χ4n) is 1.23. The molecule has 1 aromatic rings. The first-order valence-corrected chi connectivity index (χ1v) is 6.32. The fraction of sp³-hybridized carbons (Fsp3) is 0.500. The zero-order valence-electron chi connectivity index (χ0n) is 9.80. The van der Waals surface area contributed by atoms with Crippen molar-refractivity contribution in [2.45, 2.75) is 19.5 Å². The molecule has 100 valence electrons. The molecule has 0 saturated carbocycles. The number of carbonyl (C=O) groups excluding carboxylic acids is 2. The van der Waals surface area contributed by atoms with E-state index in [4.69, 9.17) is 16.3 Å². The molecule has 0 aliphatic carbocycles. The molecule has 8 heteroatoms. The second-order valence-electron chi connectivity index (χ2n) is 3.41. The Hall–Kier alpha value is -1.21. The van der Waals surface area contributed by atoms with E-state index in [1.54, 1.807) is 6.92 Å². The summed E-state index contributed by atoms with van der Waals surface area (Å²) in [6.07, 6.45) is 2.94. The number of aromatic nitrogens is 2. The first-order valence-electron chi connectivity index (χ1n) is 5.31. The van der Waals surface area contributed by atoms with Gasteiger partial charge in [-0.05, 0) is 6.92 Å². The van der Waals surface area contributed by atoms with Gasteiger partial charge in [-0.2, -0.15) is 17.7 Å². The average molecular weight is 292 g/mol. The minimum absolute atomic E-state index is 0.0175. The molecule has 1 heterocycles. The summed E-state index contributed by atoms with van der Waals surface area (Å²) >= 11 is 9.66. The van der Waals surface area contributed by atoms with E-state index < -0.39 is 12.0 Å². The van der Waals surface area contributed by atoms with Gasteiger partial charge in [-0.25, -0.2) is 4.79 Å². The van der Waals surface area contributed by atoms with Gasteiger partial charge in [-0.15, -0.1) is 0 Å². The van der Waals surface area contributed by atoms with Crippen molar-refractivity contribution in [3.63, 3.8) is 0 Å². The Morgan fingerprint density at radius 3 is 2.89 bits per heavy atom. The smallest absolute Gasteiger partial charge is 0.329 e. The van der Waals surface area contributed by atoms with Gasteiger partial charge in [0.15, 0.2) is 0 Å². The number of nitrogens with zero attached hydrogens (tertiary/aromatic N) is 2. The van der Waals surface area contributed by atoms with Gasteiger partial charge in [0.1, 0.15) is 12.6 Å². The maximum Gasteiger partial charge on any atom is 0.329 e. The first kappa shape index (κ1) is 14.8. The van der Waals surface area contributed by atoms with Crippen LogP contribution in [-0.2, 0) is 20.9 Å². The number of carbonyl (C=O) groups is 2. The second kappa shape index (κ2) is 7.27. The molecule has 0 spiro atoms. The van der Waals surface area contributed by atoms with E-state index in [1.165, 1.54) is 17.1 Å². The monoisotopic (exact) mass is 291 g/mol. The van der Waals surface area contributed by atoms with E-state index >= 15 is 0 Å². The highest BCUT2D eigenvalue weighted by molar-refractivity contribution is 7.80. The molecule has 1 atom stereocenters. The van der Waals surface area contributed by atoms with Gasteiger partial charge in [0.2, 0.25) is 5.91 Å². The summed E-state index contributed by atoms with van der Waals surface area (Å²) < 4.78 is 6.18. The zero-order chi connectivity index (χ0) is 13.5. The highest BCUT2D eigenvalue weighted by atomic mass is 35.5. The van der Waals surface area contributed by atoms with Crippen molar-refractivity contribution in [1.82, 2.24) is 15.1 Å². The van der Waals surface area contributed by atoms with Crippen molar-refractivity contribution in [2.24, 2.45) is 0 Å². The predicted octanol–water partition coefficient (Wildman–Crippen LogP) is 0.514. The lowest BCUT2D eigenvalue weighted by molar-refractivity contribution is -0.146. The highest BCUT2D eigenvalue weighted by Crippen LogP contribution is 2.04. The lowest BCUT2D eigenvalue weighted by Crippen LogP contribution is -2.44. The largest absolute Gasteiger partial charge is 0.464 e. The van der Waals surface area contributed by atoms with Crippen LogP contribution in [0.25, 0.3) is 0 Å². The molecule has 0 bridgehead atoms. The van der Waals surface area contributed by atoms with Crippen LogP contribution in [0.2, 0.25) is 5.02 Å². The molecule has 1 rings (SSSR count). The molecule has 0 radical (unpaired) electrons. The fourth-order valence-corrected chi connectivity index (χ4v) is 1.63. The topological polar surface area (TPSA) is 73.2 Å². The number of ether oxygens (including phenoxy) is 1. The van der Waals surface area contributed by atoms with E-state index in [1.807, 2.05) is 0 Å². The second-order valence-corrected chi connectivity index (χ2v) is 4.21. The molecule has 1 N–H and O–H groups in total. The summed E-state index contributed by atoms with van der Waals surface area (Å²) in [7, 11) is 0. The molecule has 0 unspecified atom stereocenters. The van der Waals surface area contributed by atoms with Gasteiger partial charge < -0.3 is 10.1 Å². The lowest BCUT2D eigenvalue weighted by Gasteiger charge is -2.14. The molecule has 0 fully saturated rings. The third-order valence-corrected chi connectivity index (χ3v) is 2.56. The molecular weight excluding hydrogens is 278 g/mol. The summed E-state index contributed by atoms with van der Waals surface area (Å²) in [5.74, 6) is -0.689. The van der Waals surface area contributed by atoms with Gasteiger partial charge in [-0.3, -0.25) is 9.48 Å². The van der Waals surface area contributed by atoms with Crippen LogP contribution in [0.4, 0.5) is 0 Å². The van der Waals surface area contributed by atoms with Gasteiger partial charge >= 0.3 is 5.97 Å². The molecule has 18 heavy (non-hydrogen) atoms. The molecular formula is C10H14ClN3O3S. The molecule has 0 aromatic carbocycles. The van der Waals surface area contributed by atoms with E-state index in [0.29, 0.717) is 5.02 Å². The summed E-state index contributed by atoms with van der Waals surface area (Å²) in [4.78, 5) is 23.1. The van der Waals surface area contributed by atoms with Crippen LogP contribution in [-0.4, -0.2) is 40.1 Å². The lowest BCUT2D eigenvalue weighted by atomic mass is 10.3. The van der Waals surface area contributed by atoms with E-state index in [-0.39, 0.29) is 24.8 Å². The van der Waals surface area contributed by atoms with Gasteiger partial charge in [0.25, 0.3) is 0 Å². The predicted molar refractivity (Wildman–Crippen MR) is 69.7 cm³/mol. The Morgan fingerprint density at radius 1 is 1.67 bits per heavy atom. The number of rotatable bonds is 6. The van der Waals surface area contributed by atoms with Crippen LogP contribution >= 0.6 is 24.2 Å². The minimum atomic E-state index is -0.758. The van der Waals surface area contributed by atoms with Crippen molar-refractivity contribution in [2.75, 3.05) is 12.4 Å². The third-order valence-electron chi connectivity index (χ3n) is 2.00. The average Bonchev–Trinajstić information content (AvgIpc) is 2.71. The van der Waals surface area contributed by atoms with Crippen LogP contribution in [0.5, 0.6) is 0 Å². The maximum absolute atomic E-state index is 11.6. The van der Waals surface area contributed by atoms with E-state index in [2.05, 4.69) is 23.0 Å². The Bertz CT molecular complexity index is 424. The number of nitrogens with one attached hydrogen (secondary N) is 1. The Kier molecular flexibility index (Phi) is 6.00.